The third kappa shape index (κ3) is 4.53. The van der Waals surface area contributed by atoms with E-state index in [0.717, 1.165) is 6.29 Å². The van der Waals surface area contributed by atoms with Gasteiger partial charge in [-0.25, -0.2) is 0 Å². The minimum Gasteiger partial charge on any atom is -0.389 e. The summed E-state index contributed by atoms with van der Waals surface area (Å²) in [5.74, 6) is -0.533. The molecule has 0 amide bonds. The van der Waals surface area contributed by atoms with Gasteiger partial charge in [-0.2, -0.15) is 0 Å². The number of allylic oxidation sites excluding steroid dienone is 2. The van der Waals surface area contributed by atoms with Crippen molar-refractivity contribution in [1.29, 1.82) is 0 Å². The molecule has 18 heavy (non-hydrogen) atoms. The molecule has 0 bridgehead atoms. The molecule has 0 aliphatic heterocycles. The highest BCUT2D eigenvalue weighted by atomic mass is 35.5. The number of alkyl halides is 1. The number of aliphatic hydroxyl groups is 1. The number of hydrogen-bond acceptors (Lipinski definition) is 4. The molecule has 0 spiro atoms. The quantitative estimate of drug-likeness (QED) is 0.541. The minimum absolute atomic E-state index is 0.0751. The fourth-order valence-corrected chi connectivity index (χ4v) is 1.81. The van der Waals surface area contributed by atoms with Crippen LogP contribution in [0.3, 0.4) is 0 Å². The first-order chi connectivity index (χ1) is 8.48. The van der Waals surface area contributed by atoms with Crippen LogP contribution in [0.2, 0.25) is 0 Å². The van der Waals surface area contributed by atoms with E-state index >= 15 is 0 Å². The van der Waals surface area contributed by atoms with Gasteiger partial charge in [0, 0.05) is 12.6 Å². The highest BCUT2D eigenvalue weighted by molar-refractivity contribution is 6.25. The second-order valence-electron chi connectivity index (χ2n) is 4.63. The number of carbonyl (C=O) groups is 1. The predicted molar refractivity (Wildman–Crippen MR) is 71.5 cm³/mol. The van der Waals surface area contributed by atoms with Crippen LogP contribution in [0.25, 0.3) is 0 Å². The van der Waals surface area contributed by atoms with Crippen molar-refractivity contribution in [2.45, 2.75) is 31.1 Å². The third-order valence-corrected chi connectivity index (χ3v) is 3.10. The van der Waals surface area contributed by atoms with E-state index in [1.165, 1.54) is 0 Å². The molecule has 0 aromatic rings. The van der Waals surface area contributed by atoms with Crippen molar-refractivity contribution in [3.8, 4) is 0 Å². The van der Waals surface area contributed by atoms with Gasteiger partial charge in [0.05, 0.1) is 18.6 Å². The van der Waals surface area contributed by atoms with E-state index in [4.69, 9.17) is 16.3 Å². The van der Waals surface area contributed by atoms with Crippen LogP contribution in [0.4, 0.5) is 0 Å². The molecular formula is C13H20ClNO3. The molecule has 3 atom stereocenters. The zero-order chi connectivity index (χ0) is 13.6. The van der Waals surface area contributed by atoms with E-state index in [2.05, 4.69) is 5.32 Å². The van der Waals surface area contributed by atoms with Gasteiger partial charge in [-0.1, -0.05) is 43.7 Å². The Morgan fingerprint density at radius 2 is 2.28 bits per heavy atom. The molecule has 1 aliphatic carbocycles. The van der Waals surface area contributed by atoms with Gasteiger partial charge in [0.15, 0.2) is 5.06 Å². The number of ether oxygens (including phenoxy) is 1. The monoisotopic (exact) mass is 273 g/mol. The molecule has 0 heterocycles. The van der Waals surface area contributed by atoms with Gasteiger partial charge in [-0.3, -0.25) is 0 Å². The molecule has 1 aliphatic rings. The van der Waals surface area contributed by atoms with Crippen LogP contribution >= 0.6 is 11.6 Å². The maximum atomic E-state index is 10.9. The molecule has 2 N–H and O–H groups in total. The third-order valence-electron chi connectivity index (χ3n) is 2.61. The molecule has 102 valence electrons. The van der Waals surface area contributed by atoms with Crippen molar-refractivity contribution in [1.82, 2.24) is 5.32 Å². The fourth-order valence-electron chi connectivity index (χ4n) is 1.55. The van der Waals surface area contributed by atoms with E-state index in [-0.39, 0.29) is 6.61 Å². The van der Waals surface area contributed by atoms with Crippen molar-refractivity contribution >= 4 is 17.9 Å². The summed E-state index contributed by atoms with van der Waals surface area (Å²) in [6.07, 6.45) is 6.86. The van der Waals surface area contributed by atoms with E-state index in [9.17, 15) is 9.90 Å². The SMILES string of the molecule is CC(C)NC[C@H](O)COC1(Cl)C=CC=CC1C=O. The lowest BCUT2D eigenvalue weighted by Gasteiger charge is -2.30. The van der Waals surface area contributed by atoms with Crippen molar-refractivity contribution in [2.24, 2.45) is 5.92 Å². The highest BCUT2D eigenvalue weighted by Gasteiger charge is 2.35. The average molecular weight is 274 g/mol. The number of aliphatic hydroxyl groups excluding tert-OH is 1. The van der Waals surface area contributed by atoms with Crippen LogP contribution < -0.4 is 5.32 Å². The smallest absolute Gasteiger partial charge is 0.173 e. The lowest BCUT2D eigenvalue weighted by atomic mass is 9.98. The largest absolute Gasteiger partial charge is 0.389 e. The zero-order valence-corrected chi connectivity index (χ0v) is 11.4. The van der Waals surface area contributed by atoms with Gasteiger partial charge in [0.1, 0.15) is 6.29 Å². The first-order valence-electron chi connectivity index (χ1n) is 6.03. The van der Waals surface area contributed by atoms with Crippen LogP contribution in [-0.2, 0) is 9.53 Å². The number of carbonyl (C=O) groups excluding carboxylic acids is 1. The zero-order valence-electron chi connectivity index (χ0n) is 10.7. The van der Waals surface area contributed by atoms with Crippen LogP contribution in [-0.4, -0.2) is 41.8 Å². The summed E-state index contributed by atoms with van der Waals surface area (Å²) in [4.78, 5) is 10.9. The van der Waals surface area contributed by atoms with E-state index < -0.39 is 17.1 Å². The summed E-state index contributed by atoms with van der Waals surface area (Å²) >= 11 is 6.22. The summed E-state index contributed by atoms with van der Waals surface area (Å²) in [7, 11) is 0. The van der Waals surface area contributed by atoms with Crippen LogP contribution in [0.15, 0.2) is 24.3 Å². The number of aldehydes is 1. The minimum atomic E-state index is -1.19. The van der Waals surface area contributed by atoms with Crippen LogP contribution in [0.5, 0.6) is 0 Å². The Bertz CT molecular complexity index is 330. The highest BCUT2D eigenvalue weighted by Crippen LogP contribution is 2.31. The Kier molecular flexibility index (Phi) is 6.02. The molecule has 0 aromatic heterocycles. The normalized spacial score (nSPS) is 28.6. The number of hydrogen-bond donors (Lipinski definition) is 2. The number of rotatable bonds is 7. The van der Waals surface area contributed by atoms with Crippen molar-refractivity contribution < 1.29 is 14.6 Å². The maximum Gasteiger partial charge on any atom is 0.173 e. The van der Waals surface area contributed by atoms with Crippen LogP contribution in [0.1, 0.15) is 13.8 Å². The molecule has 1 rings (SSSR count). The average Bonchev–Trinajstić information content (AvgIpc) is 2.34. The van der Waals surface area contributed by atoms with E-state index in [1.807, 2.05) is 13.8 Å². The van der Waals surface area contributed by atoms with Gasteiger partial charge < -0.3 is 20.0 Å². The van der Waals surface area contributed by atoms with Gasteiger partial charge in [-0.05, 0) is 6.08 Å². The lowest BCUT2D eigenvalue weighted by molar-refractivity contribution is -0.115. The summed E-state index contributed by atoms with van der Waals surface area (Å²) in [6.45, 7) is 4.49. The number of halogens is 1. The van der Waals surface area contributed by atoms with Crippen molar-refractivity contribution in [3.63, 3.8) is 0 Å². The summed E-state index contributed by atoms with van der Waals surface area (Å²) in [5, 5.41) is 11.6. The summed E-state index contributed by atoms with van der Waals surface area (Å²) < 4.78 is 5.47. The Morgan fingerprint density at radius 3 is 2.89 bits per heavy atom. The standard InChI is InChI=1S/C13H20ClNO3/c1-10(2)15-7-12(17)9-18-13(14)6-4-3-5-11(13)8-16/h3-6,8,10-12,15,17H,7,9H2,1-2H3/t11?,12-,13?/m0/s1. The van der Waals surface area contributed by atoms with Crippen LogP contribution in [0, 0.1) is 5.92 Å². The Balaban J connectivity index is 2.43. The Morgan fingerprint density at radius 1 is 1.56 bits per heavy atom. The molecular weight excluding hydrogens is 254 g/mol. The molecule has 5 heteroatoms. The molecule has 4 nitrogen and oxygen atoms in total. The predicted octanol–water partition coefficient (Wildman–Crippen LogP) is 1.24. The van der Waals surface area contributed by atoms with Gasteiger partial charge >= 0.3 is 0 Å². The van der Waals surface area contributed by atoms with Crippen molar-refractivity contribution in [3.05, 3.63) is 24.3 Å². The summed E-state index contributed by atoms with van der Waals surface area (Å²) in [5.41, 5.74) is 0. The van der Waals surface area contributed by atoms with E-state index in [1.54, 1.807) is 24.3 Å². The fraction of sp³-hybridized carbons (Fsp3) is 0.615. The molecule has 0 saturated heterocycles. The van der Waals surface area contributed by atoms with Gasteiger partial charge in [-0.15, -0.1) is 0 Å². The lowest BCUT2D eigenvalue weighted by Crippen LogP contribution is -2.40. The van der Waals surface area contributed by atoms with Crippen molar-refractivity contribution in [2.75, 3.05) is 13.2 Å². The molecule has 0 saturated carbocycles. The summed E-state index contributed by atoms with van der Waals surface area (Å²) in [6, 6.07) is 0.296. The van der Waals surface area contributed by atoms with Gasteiger partial charge in [0.25, 0.3) is 0 Å². The number of nitrogens with one attached hydrogen (secondary N) is 1. The second kappa shape index (κ2) is 7.04. The van der Waals surface area contributed by atoms with E-state index in [0.29, 0.717) is 12.6 Å². The second-order valence-corrected chi connectivity index (χ2v) is 5.22. The maximum absolute atomic E-state index is 10.9. The molecule has 0 fully saturated rings. The molecule has 0 radical (unpaired) electrons. The first kappa shape index (κ1) is 15.4. The Labute approximate surface area is 113 Å². The molecule has 2 unspecified atom stereocenters. The first-order valence-corrected chi connectivity index (χ1v) is 6.41. The van der Waals surface area contributed by atoms with Gasteiger partial charge in [0.2, 0.25) is 0 Å². The molecule has 0 aromatic carbocycles. The topological polar surface area (TPSA) is 58.6 Å². The Hall–Kier alpha value is -0.680.